The number of aryl methyl sites for hydroxylation is 1. The molecule has 152 valence electrons. The second kappa shape index (κ2) is 8.69. The van der Waals surface area contributed by atoms with Crippen molar-refractivity contribution >= 4 is 50.8 Å². The third-order valence-electron chi connectivity index (χ3n) is 4.69. The molecule has 0 aliphatic heterocycles. The van der Waals surface area contributed by atoms with Gasteiger partial charge in [-0.1, -0.05) is 41.9 Å². The molecule has 0 saturated heterocycles. The van der Waals surface area contributed by atoms with E-state index in [4.69, 9.17) is 11.6 Å². The number of H-pyrrole nitrogens is 1. The number of carbonyl (C=O) groups excluding carboxylic acids is 2. The summed E-state index contributed by atoms with van der Waals surface area (Å²) in [5, 5.41) is 9.32. The van der Waals surface area contributed by atoms with Crippen LogP contribution in [0, 0.1) is 6.92 Å². The lowest BCUT2D eigenvalue weighted by atomic mass is 10.0. The third-order valence-corrected chi connectivity index (χ3v) is 5.89. The molecule has 4 rings (SSSR count). The average Bonchev–Trinajstić information content (AvgIpc) is 3.33. The number of rotatable bonds is 6. The largest absolute Gasteiger partial charge is 0.361 e. The summed E-state index contributed by atoms with van der Waals surface area (Å²) in [5.74, 6) is -0.744. The molecule has 0 bridgehead atoms. The van der Waals surface area contributed by atoms with E-state index >= 15 is 0 Å². The number of nitrogens with one attached hydrogen (secondary N) is 3. The molecule has 3 N–H and O–H groups in total. The van der Waals surface area contributed by atoms with Gasteiger partial charge in [0, 0.05) is 28.9 Å². The molecule has 2 aromatic heterocycles. The van der Waals surface area contributed by atoms with Crippen molar-refractivity contribution < 1.29 is 9.59 Å². The smallest absolute Gasteiger partial charge is 0.253 e. The number of fused-ring (bicyclic) bond motifs is 1. The van der Waals surface area contributed by atoms with Gasteiger partial charge in [0.05, 0.1) is 16.3 Å². The lowest BCUT2D eigenvalue weighted by molar-refractivity contribution is -0.118. The molecule has 2 aromatic carbocycles. The van der Waals surface area contributed by atoms with Gasteiger partial charge in [-0.05, 0) is 30.7 Å². The molecule has 0 aliphatic carbocycles. The van der Waals surface area contributed by atoms with Crippen LogP contribution < -0.4 is 10.6 Å². The van der Waals surface area contributed by atoms with Crippen molar-refractivity contribution in [2.75, 3.05) is 5.32 Å². The summed E-state index contributed by atoms with van der Waals surface area (Å²) >= 11 is 7.50. The van der Waals surface area contributed by atoms with Gasteiger partial charge in [0.2, 0.25) is 5.91 Å². The van der Waals surface area contributed by atoms with Crippen molar-refractivity contribution in [2.24, 2.45) is 0 Å². The zero-order valence-electron chi connectivity index (χ0n) is 16.1. The summed E-state index contributed by atoms with van der Waals surface area (Å²) in [7, 11) is 0. The lowest BCUT2D eigenvalue weighted by Gasteiger charge is -2.18. The highest BCUT2D eigenvalue weighted by atomic mass is 35.5. The number of aromatic amines is 1. The van der Waals surface area contributed by atoms with Crippen LogP contribution in [0.4, 0.5) is 5.13 Å². The Morgan fingerprint density at radius 1 is 1.17 bits per heavy atom. The van der Waals surface area contributed by atoms with Crippen LogP contribution in [0.2, 0.25) is 5.02 Å². The minimum Gasteiger partial charge on any atom is -0.361 e. The van der Waals surface area contributed by atoms with Crippen LogP contribution in [0.3, 0.4) is 0 Å². The molecule has 0 fully saturated rings. The second-order valence-corrected chi connectivity index (χ2v) is 8.12. The van der Waals surface area contributed by atoms with Crippen LogP contribution in [-0.2, 0) is 11.2 Å². The highest BCUT2D eigenvalue weighted by molar-refractivity contribution is 7.13. The van der Waals surface area contributed by atoms with Crippen molar-refractivity contribution in [3.8, 4) is 0 Å². The Kier molecular flexibility index (Phi) is 5.83. The van der Waals surface area contributed by atoms with Gasteiger partial charge >= 0.3 is 0 Å². The number of hydrogen-bond acceptors (Lipinski definition) is 4. The van der Waals surface area contributed by atoms with Gasteiger partial charge in [-0.3, -0.25) is 9.59 Å². The summed E-state index contributed by atoms with van der Waals surface area (Å²) in [6.45, 7) is 1.86. The van der Waals surface area contributed by atoms with Gasteiger partial charge in [-0.2, -0.15) is 0 Å². The van der Waals surface area contributed by atoms with E-state index < -0.39 is 11.9 Å². The Morgan fingerprint density at radius 3 is 2.70 bits per heavy atom. The maximum atomic E-state index is 13.0. The van der Waals surface area contributed by atoms with Gasteiger partial charge in [-0.15, -0.1) is 11.3 Å². The molecule has 0 saturated carbocycles. The number of carbonyl (C=O) groups is 2. The fourth-order valence-electron chi connectivity index (χ4n) is 3.21. The number of para-hydroxylation sites is 1. The normalized spacial score (nSPS) is 11.9. The van der Waals surface area contributed by atoms with E-state index in [9.17, 15) is 9.59 Å². The maximum absolute atomic E-state index is 13.0. The summed E-state index contributed by atoms with van der Waals surface area (Å²) in [5.41, 5.74) is 3.05. The summed E-state index contributed by atoms with van der Waals surface area (Å²) in [4.78, 5) is 33.3. The van der Waals surface area contributed by atoms with Gasteiger partial charge < -0.3 is 15.6 Å². The molecule has 30 heavy (non-hydrogen) atoms. The molecule has 1 atom stereocenters. The first-order valence-electron chi connectivity index (χ1n) is 9.34. The predicted octanol–water partition coefficient (Wildman–Crippen LogP) is 4.57. The monoisotopic (exact) mass is 438 g/mol. The highest BCUT2D eigenvalue weighted by Crippen LogP contribution is 2.21. The first kappa shape index (κ1) is 20.1. The molecule has 2 amide bonds. The molecule has 0 aliphatic rings. The first-order valence-corrected chi connectivity index (χ1v) is 10.6. The fourth-order valence-corrected chi connectivity index (χ4v) is 4.13. The SMILES string of the molecule is Cc1csc(NC(=O)[C@H](Cc2c[nH]c3ccccc23)NC(=O)c2ccccc2Cl)n1. The van der Waals surface area contributed by atoms with E-state index in [1.165, 1.54) is 11.3 Å². The van der Waals surface area contributed by atoms with Crippen LogP contribution in [0.15, 0.2) is 60.1 Å². The molecule has 2 heterocycles. The van der Waals surface area contributed by atoms with Gasteiger partial charge in [0.15, 0.2) is 5.13 Å². The van der Waals surface area contributed by atoms with Gasteiger partial charge in [0.25, 0.3) is 5.91 Å². The van der Waals surface area contributed by atoms with E-state index in [1.807, 2.05) is 42.8 Å². The zero-order chi connectivity index (χ0) is 21.1. The van der Waals surface area contributed by atoms with Crippen LogP contribution in [0.5, 0.6) is 0 Å². The van der Waals surface area contributed by atoms with Crippen LogP contribution in [0.1, 0.15) is 21.6 Å². The predicted molar refractivity (Wildman–Crippen MR) is 120 cm³/mol. The number of amides is 2. The fraction of sp³-hybridized carbons (Fsp3) is 0.136. The molecule has 4 aromatic rings. The Bertz CT molecular complexity index is 1220. The molecular weight excluding hydrogens is 420 g/mol. The van der Waals surface area contributed by atoms with Crippen molar-refractivity contribution in [3.05, 3.63) is 82.0 Å². The summed E-state index contributed by atoms with van der Waals surface area (Å²) in [6.07, 6.45) is 2.18. The number of nitrogens with zero attached hydrogens (tertiary/aromatic N) is 1. The minimum atomic E-state index is -0.808. The number of thiazole rings is 1. The molecule has 8 heteroatoms. The summed E-state index contributed by atoms with van der Waals surface area (Å²) in [6, 6.07) is 13.8. The molecule has 6 nitrogen and oxygen atoms in total. The Morgan fingerprint density at radius 2 is 1.93 bits per heavy atom. The van der Waals surface area contributed by atoms with Crippen molar-refractivity contribution in [1.29, 1.82) is 0 Å². The number of anilines is 1. The van der Waals surface area contributed by atoms with Crippen LogP contribution in [0.25, 0.3) is 10.9 Å². The third kappa shape index (κ3) is 4.37. The average molecular weight is 439 g/mol. The first-order chi connectivity index (χ1) is 14.5. The Labute approximate surface area is 182 Å². The molecule has 0 unspecified atom stereocenters. The number of benzene rings is 2. The van der Waals surface area contributed by atoms with Crippen molar-refractivity contribution in [2.45, 2.75) is 19.4 Å². The molecule has 0 radical (unpaired) electrons. The topological polar surface area (TPSA) is 86.9 Å². The standard InChI is InChI=1S/C22H19ClN4O2S/c1-13-12-30-22(25-13)27-21(29)19(26-20(28)16-7-2-4-8-17(16)23)10-14-11-24-18-9-5-3-6-15(14)18/h2-9,11-12,19,24H,10H2,1H3,(H,26,28)(H,25,27,29)/t19-/m0/s1. The minimum absolute atomic E-state index is 0.316. The second-order valence-electron chi connectivity index (χ2n) is 6.85. The number of hydrogen-bond donors (Lipinski definition) is 3. The van der Waals surface area contributed by atoms with E-state index in [2.05, 4.69) is 20.6 Å². The quantitative estimate of drug-likeness (QED) is 0.412. The Hall–Kier alpha value is -3.16. The van der Waals surface area contributed by atoms with E-state index in [0.29, 0.717) is 22.1 Å². The van der Waals surface area contributed by atoms with Crippen LogP contribution >= 0.6 is 22.9 Å². The molecular formula is C22H19ClN4O2S. The van der Waals surface area contributed by atoms with Gasteiger partial charge in [0.1, 0.15) is 6.04 Å². The van der Waals surface area contributed by atoms with Crippen molar-refractivity contribution in [3.63, 3.8) is 0 Å². The number of aromatic nitrogens is 2. The zero-order valence-corrected chi connectivity index (χ0v) is 17.7. The lowest BCUT2D eigenvalue weighted by Crippen LogP contribution is -2.45. The maximum Gasteiger partial charge on any atom is 0.253 e. The highest BCUT2D eigenvalue weighted by Gasteiger charge is 2.25. The van der Waals surface area contributed by atoms with Gasteiger partial charge in [-0.25, -0.2) is 4.98 Å². The van der Waals surface area contributed by atoms with E-state index in [-0.39, 0.29) is 5.91 Å². The van der Waals surface area contributed by atoms with Crippen LogP contribution in [-0.4, -0.2) is 27.8 Å². The van der Waals surface area contributed by atoms with Crippen molar-refractivity contribution in [1.82, 2.24) is 15.3 Å². The molecule has 0 spiro atoms. The summed E-state index contributed by atoms with van der Waals surface area (Å²) < 4.78 is 0. The number of halogens is 1. The van der Waals surface area contributed by atoms with E-state index in [1.54, 1.807) is 24.3 Å². The van der Waals surface area contributed by atoms with E-state index in [0.717, 1.165) is 22.2 Å². The Balaban J connectivity index is 1.60.